The Morgan fingerprint density at radius 1 is 1.17 bits per heavy atom. The van der Waals surface area contributed by atoms with E-state index < -0.39 is 0 Å². The molecule has 5 heteroatoms. The lowest BCUT2D eigenvalue weighted by Crippen LogP contribution is -2.41. The average molecular weight is 269 g/mol. The molecule has 0 spiro atoms. The van der Waals surface area contributed by atoms with Gasteiger partial charge in [0.1, 0.15) is 0 Å². The summed E-state index contributed by atoms with van der Waals surface area (Å²) in [7, 11) is -0.342. The maximum atomic E-state index is 5.99. The highest BCUT2D eigenvalue weighted by Gasteiger charge is 2.51. The Morgan fingerprint density at radius 3 is 2.33 bits per heavy atom. The van der Waals surface area contributed by atoms with Crippen LogP contribution in [0.2, 0.25) is 0 Å². The van der Waals surface area contributed by atoms with Crippen LogP contribution in [0, 0.1) is 0 Å². The van der Waals surface area contributed by atoms with Crippen molar-refractivity contribution in [1.82, 2.24) is 0 Å². The second-order valence-electron chi connectivity index (χ2n) is 5.59. The van der Waals surface area contributed by atoms with Crippen LogP contribution in [0.25, 0.3) is 0 Å². The van der Waals surface area contributed by atoms with Crippen LogP contribution >= 0.6 is 11.9 Å². The van der Waals surface area contributed by atoms with E-state index in [1.54, 1.807) is 0 Å². The number of rotatable bonds is 3. The van der Waals surface area contributed by atoms with Gasteiger partial charge in [-0.2, -0.15) is 0 Å². The molecule has 3 nitrogen and oxygen atoms in total. The molecule has 2 rings (SSSR count). The quantitative estimate of drug-likeness (QED) is 0.789. The molecular formula is C13H18BClO3. The van der Waals surface area contributed by atoms with Gasteiger partial charge in [0.25, 0.3) is 0 Å². The molecular weight excluding hydrogens is 250 g/mol. The van der Waals surface area contributed by atoms with Crippen LogP contribution < -0.4 is 5.46 Å². The molecule has 1 aromatic rings. The van der Waals surface area contributed by atoms with E-state index in [9.17, 15) is 0 Å². The molecule has 18 heavy (non-hydrogen) atoms. The van der Waals surface area contributed by atoms with Crippen LogP contribution in [-0.4, -0.2) is 18.3 Å². The molecule has 1 aromatic carbocycles. The van der Waals surface area contributed by atoms with Crippen LogP contribution in [-0.2, 0) is 20.2 Å². The standard InChI is InChI=1S/C13H18BClO3/c1-12(2)13(3,4)18-14(17-12)11-7-5-6-10(8-11)9-16-15/h5-8H,9H2,1-4H3. The third-order valence-electron chi connectivity index (χ3n) is 3.70. The molecule has 1 fully saturated rings. The van der Waals surface area contributed by atoms with Gasteiger partial charge >= 0.3 is 7.12 Å². The van der Waals surface area contributed by atoms with E-state index in [2.05, 4.69) is 4.29 Å². The first-order chi connectivity index (χ1) is 8.36. The summed E-state index contributed by atoms with van der Waals surface area (Å²) in [5, 5.41) is 0. The molecule has 0 atom stereocenters. The van der Waals surface area contributed by atoms with Crippen molar-refractivity contribution < 1.29 is 13.6 Å². The van der Waals surface area contributed by atoms with Crippen LogP contribution in [0.3, 0.4) is 0 Å². The van der Waals surface area contributed by atoms with Gasteiger partial charge in [0.15, 0.2) is 0 Å². The van der Waals surface area contributed by atoms with Gasteiger partial charge in [-0.05, 0) is 38.7 Å². The van der Waals surface area contributed by atoms with Gasteiger partial charge in [0.05, 0.1) is 29.7 Å². The zero-order valence-corrected chi connectivity index (χ0v) is 12.0. The summed E-state index contributed by atoms with van der Waals surface area (Å²) in [5.41, 5.74) is 1.34. The maximum Gasteiger partial charge on any atom is 0.494 e. The fourth-order valence-electron chi connectivity index (χ4n) is 1.87. The van der Waals surface area contributed by atoms with Gasteiger partial charge in [0.2, 0.25) is 0 Å². The Labute approximate surface area is 114 Å². The topological polar surface area (TPSA) is 27.7 Å². The lowest BCUT2D eigenvalue weighted by atomic mass is 9.78. The van der Waals surface area contributed by atoms with Crippen LogP contribution in [0.15, 0.2) is 24.3 Å². The van der Waals surface area contributed by atoms with Crippen molar-refractivity contribution in [2.24, 2.45) is 0 Å². The van der Waals surface area contributed by atoms with Crippen molar-refractivity contribution in [1.29, 1.82) is 0 Å². The first-order valence-corrected chi connectivity index (χ1v) is 6.34. The van der Waals surface area contributed by atoms with Crippen molar-refractivity contribution in [3.05, 3.63) is 29.8 Å². The summed E-state index contributed by atoms with van der Waals surface area (Å²) in [6.07, 6.45) is 0. The van der Waals surface area contributed by atoms with Crippen molar-refractivity contribution >= 4 is 24.4 Å². The summed E-state index contributed by atoms with van der Waals surface area (Å²) in [5.74, 6) is 0. The van der Waals surface area contributed by atoms with E-state index in [0.29, 0.717) is 6.61 Å². The summed E-state index contributed by atoms with van der Waals surface area (Å²) in [6.45, 7) is 8.53. The minimum atomic E-state index is -0.342. The molecule has 0 bridgehead atoms. The smallest absolute Gasteiger partial charge is 0.399 e. The molecule has 0 radical (unpaired) electrons. The fourth-order valence-corrected chi connectivity index (χ4v) is 2.00. The van der Waals surface area contributed by atoms with Gasteiger partial charge in [-0.1, -0.05) is 24.3 Å². The molecule has 0 unspecified atom stereocenters. The SMILES string of the molecule is CC1(C)OB(c2cccc(COCl)c2)OC1(C)C. The normalized spacial score (nSPS) is 21.3. The zero-order valence-electron chi connectivity index (χ0n) is 11.2. The summed E-state index contributed by atoms with van der Waals surface area (Å²) >= 11 is 5.28. The van der Waals surface area contributed by atoms with Crippen LogP contribution in [0.4, 0.5) is 0 Å². The minimum Gasteiger partial charge on any atom is -0.399 e. The third kappa shape index (κ3) is 2.57. The predicted molar refractivity (Wildman–Crippen MR) is 72.8 cm³/mol. The molecule has 1 saturated heterocycles. The molecule has 0 aliphatic carbocycles. The van der Waals surface area contributed by atoms with Crippen molar-refractivity contribution in [2.75, 3.05) is 0 Å². The van der Waals surface area contributed by atoms with E-state index in [4.69, 9.17) is 21.2 Å². The van der Waals surface area contributed by atoms with E-state index in [1.165, 1.54) is 0 Å². The first kappa shape index (κ1) is 13.9. The van der Waals surface area contributed by atoms with E-state index in [1.807, 2.05) is 52.0 Å². The molecule has 1 aliphatic rings. The number of benzene rings is 1. The summed E-state index contributed by atoms with van der Waals surface area (Å²) in [4.78, 5) is 0. The lowest BCUT2D eigenvalue weighted by molar-refractivity contribution is 0.00578. The Bertz CT molecular complexity index is 418. The molecule has 0 N–H and O–H groups in total. The Kier molecular flexibility index (Phi) is 3.74. The minimum absolute atomic E-state index is 0.323. The molecule has 0 saturated carbocycles. The van der Waals surface area contributed by atoms with Gasteiger partial charge in [-0.15, -0.1) is 0 Å². The Morgan fingerprint density at radius 2 is 1.78 bits per heavy atom. The molecule has 98 valence electrons. The van der Waals surface area contributed by atoms with Crippen molar-refractivity contribution in [3.8, 4) is 0 Å². The third-order valence-corrected chi connectivity index (χ3v) is 3.81. The summed E-state index contributed by atoms with van der Waals surface area (Å²) < 4.78 is 16.6. The van der Waals surface area contributed by atoms with Gasteiger partial charge in [-0.3, -0.25) is 4.29 Å². The number of hydrogen-bond acceptors (Lipinski definition) is 3. The van der Waals surface area contributed by atoms with E-state index >= 15 is 0 Å². The second-order valence-corrected chi connectivity index (χ2v) is 5.80. The molecule has 0 amide bonds. The highest BCUT2D eigenvalue weighted by atomic mass is 35.5. The van der Waals surface area contributed by atoms with E-state index in [-0.39, 0.29) is 18.3 Å². The Balaban J connectivity index is 2.21. The molecule has 1 heterocycles. The molecule has 1 aliphatic heterocycles. The number of halogens is 1. The number of hydrogen-bond donors (Lipinski definition) is 0. The lowest BCUT2D eigenvalue weighted by Gasteiger charge is -2.32. The highest BCUT2D eigenvalue weighted by molar-refractivity contribution is 6.62. The fraction of sp³-hybridized carbons (Fsp3) is 0.538. The van der Waals surface area contributed by atoms with Gasteiger partial charge in [0, 0.05) is 0 Å². The van der Waals surface area contributed by atoms with Crippen molar-refractivity contribution in [2.45, 2.75) is 45.5 Å². The summed E-state index contributed by atoms with van der Waals surface area (Å²) in [6, 6.07) is 7.88. The largest absolute Gasteiger partial charge is 0.494 e. The first-order valence-electron chi connectivity index (χ1n) is 6.04. The Hall–Kier alpha value is -0.545. The van der Waals surface area contributed by atoms with E-state index in [0.717, 1.165) is 11.0 Å². The maximum absolute atomic E-state index is 5.99. The predicted octanol–water partition coefficient (Wildman–Crippen LogP) is 2.66. The highest BCUT2D eigenvalue weighted by Crippen LogP contribution is 2.36. The average Bonchev–Trinajstić information content (AvgIpc) is 2.49. The molecule has 0 aromatic heterocycles. The van der Waals surface area contributed by atoms with Gasteiger partial charge < -0.3 is 9.31 Å². The second kappa shape index (κ2) is 4.85. The van der Waals surface area contributed by atoms with Crippen molar-refractivity contribution in [3.63, 3.8) is 0 Å². The van der Waals surface area contributed by atoms with Crippen LogP contribution in [0.1, 0.15) is 33.3 Å². The van der Waals surface area contributed by atoms with Crippen LogP contribution in [0.5, 0.6) is 0 Å². The zero-order chi connectivity index (χ0) is 13.4. The monoisotopic (exact) mass is 268 g/mol. The van der Waals surface area contributed by atoms with Gasteiger partial charge in [-0.25, -0.2) is 0 Å².